The standard InChI is InChI=1S/C12H15NO5/c14-10(12(17)18)7-13-9(11(15)16)6-8-4-2-1-3-5-8/h1-5,9-10,13-14H,6-7H2,(H,15,16)(H,17,18)/t9-,10?/m0/s1. The highest BCUT2D eigenvalue weighted by Gasteiger charge is 2.20. The fourth-order valence-corrected chi connectivity index (χ4v) is 1.44. The summed E-state index contributed by atoms with van der Waals surface area (Å²) in [7, 11) is 0. The molecule has 6 heteroatoms. The molecule has 18 heavy (non-hydrogen) atoms. The Bertz CT molecular complexity index is 406. The molecular weight excluding hydrogens is 238 g/mol. The molecule has 98 valence electrons. The minimum atomic E-state index is -1.61. The molecule has 0 saturated carbocycles. The molecule has 0 saturated heterocycles. The Labute approximate surface area is 104 Å². The van der Waals surface area contributed by atoms with Crippen LogP contribution in [-0.4, -0.2) is 45.9 Å². The highest BCUT2D eigenvalue weighted by molar-refractivity contribution is 5.75. The molecule has 1 unspecified atom stereocenters. The van der Waals surface area contributed by atoms with Crippen LogP contribution in [0.15, 0.2) is 30.3 Å². The molecule has 1 rings (SSSR count). The molecule has 0 aliphatic rings. The summed E-state index contributed by atoms with van der Waals surface area (Å²) in [5.41, 5.74) is 0.821. The monoisotopic (exact) mass is 253 g/mol. The molecule has 1 aromatic rings. The van der Waals surface area contributed by atoms with Crippen LogP contribution >= 0.6 is 0 Å². The first kappa shape index (κ1) is 14.1. The first-order valence-electron chi connectivity index (χ1n) is 5.41. The number of aliphatic hydroxyl groups is 1. The largest absolute Gasteiger partial charge is 0.480 e. The molecule has 1 aromatic carbocycles. The number of hydrogen-bond acceptors (Lipinski definition) is 4. The molecule has 0 aromatic heterocycles. The minimum absolute atomic E-state index is 0.225. The Kier molecular flexibility index (Phi) is 5.29. The summed E-state index contributed by atoms with van der Waals surface area (Å²) in [5.74, 6) is -2.47. The van der Waals surface area contributed by atoms with Gasteiger partial charge in [-0.1, -0.05) is 30.3 Å². The van der Waals surface area contributed by atoms with Gasteiger partial charge in [-0.15, -0.1) is 0 Å². The Morgan fingerprint density at radius 1 is 1.11 bits per heavy atom. The molecule has 0 heterocycles. The van der Waals surface area contributed by atoms with Crippen molar-refractivity contribution in [2.24, 2.45) is 0 Å². The number of benzene rings is 1. The number of carbonyl (C=O) groups is 2. The topological polar surface area (TPSA) is 107 Å². The lowest BCUT2D eigenvalue weighted by atomic mass is 10.1. The smallest absolute Gasteiger partial charge is 0.333 e. The normalized spacial score (nSPS) is 13.8. The predicted molar refractivity (Wildman–Crippen MR) is 63.2 cm³/mol. The third kappa shape index (κ3) is 4.52. The summed E-state index contributed by atoms with van der Waals surface area (Å²) < 4.78 is 0. The maximum absolute atomic E-state index is 11.0. The first-order valence-corrected chi connectivity index (χ1v) is 5.41. The molecular formula is C12H15NO5. The number of carboxylic acid groups (broad SMARTS) is 2. The molecule has 0 fully saturated rings. The zero-order valence-corrected chi connectivity index (χ0v) is 9.61. The van der Waals surface area contributed by atoms with E-state index in [1.165, 1.54) is 0 Å². The highest BCUT2D eigenvalue weighted by atomic mass is 16.4. The van der Waals surface area contributed by atoms with Crippen LogP contribution in [0.3, 0.4) is 0 Å². The second-order valence-electron chi connectivity index (χ2n) is 3.84. The first-order chi connectivity index (χ1) is 8.50. The van der Waals surface area contributed by atoms with E-state index in [9.17, 15) is 9.59 Å². The van der Waals surface area contributed by atoms with E-state index in [-0.39, 0.29) is 13.0 Å². The third-order valence-electron chi connectivity index (χ3n) is 2.42. The summed E-state index contributed by atoms with van der Waals surface area (Å²) in [6.45, 7) is -0.306. The van der Waals surface area contributed by atoms with Crippen LogP contribution < -0.4 is 5.32 Å². The van der Waals surface area contributed by atoms with E-state index in [0.29, 0.717) is 0 Å². The van der Waals surface area contributed by atoms with Gasteiger partial charge in [0.25, 0.3) is 0 Å². The summed E-state index contributed by atoms with van der Waals surface area (Å²) in [6.07, 6.45) is -1.38. The number of carboxylic acids is 2. The molecule has 0 aliphatic carbocycles. The van der Waals surface area contributed by atoms with Crippen molar-refractivity contribution in [2.75, 3.05) is 6.54 Å². The summed E-state index contributed by atoms with van der Waals surface area (Å²) >= 11 is 0. The minimum Gasteiger partial charge on any atom is -0.480 e. The van der Waals surface area contributed by atoms with E-state index in [2.05, 4.69) is 5.32 Å². The van der Waals surface area contributed by atoms with Gasteiger partial charge in [0.05, 0.1) is 0 Å². The van der Waals surface area contributed by atoms with Crippen LogP contribution in [0.5, 0.6) is 0 Å². The van der Waals surface area contributed by atoms with Crippen LogP contribution in [0.4, 0.5) is 0 Å². The predicted octanol–water partition coefficient (Wildman–Crippen LogP) is -0.283. The van der Waals surface area contributed by atoms with Gasteiger partial charge in [-0.05, 0) is 12.0 Å². The van der Waals surface area contributed by atoms with Gasteiger partial charge in [0.15, 0.2) is 6.10 Å². The third-order valence-corrected chi connectivity index (χ3v) is 2.42. The van der Waals surface area contributed by atoms with Gasteiger partial charge in [0.1, 0.15) is 6.04 Å². The zero-order chi connectivity index (χ0) is 13.5. The van der Waals surface area contributed by atoms with E-state index in [0.717, 1.165) is 5.56 Å². The number of aliphatic carboxylic acids is 2. The molecule has 0 bridgehead atoms. The van der Waals surface area contributed by atoms with Crippen molar-refractivity contribution in [1.82, 2.24) is 5.32 Å². The Hall–Kier alpha value is -1.92. The summed E-state index contributed by atoms with van der Waals surface area (Å²) in [5, 5.41) is 29.1. The fraction of sp³-hybridized carbons (Fsp3) is 0.333. The lowest BCUT2D eigenvalue weighted by molar-refractivity contribution is -0.147. The fourth-order valence-electron chi connectivity index (χ4n) is 1.44. The van der Waals surface area contributed by atoms with Crippen molar-refractivity contribution < 1.29 is 24.9 Å². The molecule has 2 atom stereocenters. The Morgan fingerprint density at radius 2 is 1.72 bits per heavy atom. The second-order valence-corrected chi connectivity index (χ2v) is 3.84. The van der Waals surface area contributed by atoms with E-state index in [4.69, 9.17) is 15.3 Å². The molecule has 0 aliphatic heterocycles. The van der Waals surface area contributed by atoms with E-state index >= 15 is 0 Å². The van der Waals surface area contributed by atoms with Crippen LogP contribution in [-0.2, 0) is 16.0 Å². The summed E-state index contributed by atoms with van der Waals surface area (Å²) in [6, 6.07) is 8.04. The second kappa shape index (κ2) is 6.73. The van der Waals surface area contributed by atoms with Crippen LogP contribution in [0.1, 0.15) is 5.56 Å². The highest BCUT2D eigenvalue weighted by Crippen LogP contribution is 2.03. The average Bonchev–Trinajstić information content (AvgIpc) is 2.34. The molecule has 4 N–H and O–H groups in total. The van der Waals surface area contributed by atoms with Gasteiger partial charge in [0.2, 0.25) is 0 Å². The quantitative estimate of drug-likeness (QED) is 0.532. The van der Waals surface area contributed by atoms with E-state index in [1.807, 2.05) is 6.07 Å². The SMILES string of the molecule is O=C(O)C(O)CN[C@@H](Cc1ccccc1)C(=O)O. The molecule has 0 amide bonds. The van der Waals surface area contributed by atoms with Crippen molar-refractivity contribution in [2.45, 2.75) is 18.6 Å². The maximum Gasteiger partial charge on any atom is 0.333 e. The average molecular weight is 253 g/mol. The van der Waals surface area contributed by atoms with Crippen LogP contribution in [0, 0.1) is 0 Å². The van der Waals surface area contributed by atoms with Gasteiger partial charge >= 0.3 is 11.9 Å². The van der Waals surface area contributed by atoms with Crippen molar-refractivity contribution in [1.29, 1.82) is 0 Å². The van der Waals surface area contributed by atoms with E-state index in [1.54, 1.807) is 24.3 Å². The zero-order valence-electron chi connectivity index (χ0n) is 9.61. The van der Waals surface area contributed by atoms with Gasteiger partial charge in [0, 0.05) is 6.54 Å². The van der Waals surface area contributed by atoms with Gasteiger partial charge in [-0.3, -0.25) is 4.79 Å². The lowest BCUT2D eigenvalue weighted by Gasteiger charge is -2.15. The Balaban J connectivity index is 2.56. The number of nitrogens with one attached hydrogen (secondary N) is 1. The molecule has 0 spiro atoms. The van der Waals surface area contributed by atoms with E-state index < -0.39 is 24.1 Å². The van der Waals surface area contributed by atoms with Crippen molar-refractivity contribution in [3.63, 3.8) is 0 Å². The maximum atomic E-state index is 11.0. The van der Waals surface area contributed by atoms with Crippen LogP contribution in [0.25, 0.3) is 0 Å². The van der Waals surface area contributed by atoms with Crippen LogP contribution in [0.2, 0.25) is 0 Å². The van der Waals surface area contributed by atoms with Crippen molar-refractivity contribution in [3.8, 4) is 0 Å². The van der Waals surface area contributed by atoms with Crippen molar-refractivity contribution >= 4 is 11.9 Å². The summed E-state index contributed by atoms with van der Waals surface area (Å²) in [4.78, 5) is 21.4. The molecule has 6 nitrogen and oxygen atoms in total. The lowest BCUT2D eigenvalue weighted by Crippen LogP contribution is -2.44. The number of hydrogen-bond donors (Lipinski definition) is 4. The van der Waals surface area contributed by atoms with Gasteiger partial charge in [-0.2, -0.15) is 0 Å². The van der Waals surface area contributed by atoms with Gasteiger partial charge < -0.3 is 20.6 Å². The molecule has 0 radical (unpaired) electrons. The van der Waals surface area contributed by atoms with Gasteiger partial charge in [-0.25, -0.2) is 4.79 Å². The number of rotatable bonds is 7. The van der Waals surface area contributed by atoms with Crippen molar-refractivity contribution in [3.05, 3.63) is 35.9 Å². The number of aliphatic hydroxyl groups excluding tert-OH is 1. The Morgan fingerprint density at radius 3 is 2.22 bits per heavy atom.